The first-order valence-electron chi connectivity index (χ1n) is 6.05. The summed E-state index contributed by atoms with van der Waals surface area (Å²) in [5.74, 6) is -0.424. The van der Waals surface area contributed by atoms with Crippen LogP contribution in [0.1, 0.15) is 38.3 Å². The zero-order chi connectivity index (χ0) is 12.8. The van der Waals surface area contributed by atoms with E-state index in [1.807, 2.05) is 12.1 Å². The highest BCUT2D eigenvalue weighted by Gasteiger charge is 2.06. The average molecular weight is 232 g/mol. The first kappa shape index (κ1) is 13.5. The Morgan fingerprint density at radius 3 is 2.29 bits per heavy atom. The summed E-state index contributed by atoms with van der Waals surface area (Å²) in [6, 6.07) is 8.14. The van der Waals surface area contributed by atoms with Crippen LogP contribution >= 0.6 is 0 Å². The monoisotopic (exact) mass is 232 g/mol. The second-order valence-electron chi connectivity index (χ2n) is 4.66. The first-order chi connectivity index (χ1) is 8.02. The average Bonchev–Trinajstić information content (AvgIpc) is 2.27. The molecule has 0 bridgehead atoms. The van der Waals surface area contributed by atoms with Gasteiger partial charge >= 0.3 is 5.97 Å². The van der Waals surface area contributed by atoms with E-state index in [9.17, 15) is 4.79 Å². The van der Waals surface area contributed by atoms with Crippen LogP contribution in [0.4, 0.5) is 0 Å². The van der Waals surface area contributed by atoms with Crippen molar-refractivity contribution in [2.45, 2.75) is 33.6 Å². The lowest BCUT2D eigenvalue weighted by atomic mass is 9.95. The van der Waals surface area contributed by atoms with Crippen LogP contribution in [0.2, 0.25) is 0 Å². The minimum absolute atomic E-state index is 0.450. The number of rotatable bonds is 5. The van der Waals surface area contributed by atoms with Crippen LogP contribution in [-0.4, -0.2) is 11.1 Å². The van der Waals surface area contributed by atoms with Gasteiger partial charge in [-0.3, -0.25) is 0 Å². The van der Waals surface area contributed by atoms with Crippen molar-refractivity contribution in [2.24, 2.45) is 5.92 Å². The molecule has 0 saturated heterocycles. The molecule has 2 nitrogen and oxygen atoms in total. The van der Waals surface area contributed by atoms with Gasteiger partial charge in [0, 0.05) is 6.08 Å². The van der Waals surface area contributed by atoms with Crippen molar-refractivity contribution in [2.75, 3.05) is 0 Å². The fourth-order valence-electron chi connectivity index (χ4n) is 1.80. The fraction of sp³-hybridized carbons (Fsp3) is 0.400. The van der Waals surface area contributed by atoms with Crippen molar-refractivity contribution in [3.05, 3.63) is 41.5 Å². The van der Waals surface area contributed by atoms with E-state index in [2.05, 4.69) is 32.9 Å². The quantitative estimate of drug-likeness (QED) is 0.785. The molecule has 2 heteroatoms. The molecule has 0 saturated carbocycles. The molecule has 0 aromatic heterocycles. The molecule has 1 rings (SSSR count). The number of aryl methyl sites for hydroxylation is 1. The fourth-order valence-corrected chi connectivity index (χ4v) is 1.80. The van der Waals surface area contributed by atoms with Crippen LogP contribution in [0.3, 0.4) is 0 Å². The summed E-state index contributed by atoms with van der Waals surface area (Å²) in [5, 5.41) is 8.88. The van der Waals surface area contributed by atoms with Crippen LogP contribution in [0.15, 0.2) is 30.3 Å². The molecule has 1 aromatic carbocycles. The summed E-state index contributed by atoms with van der Waals surface area (Å²) in [7, 11) is 0. The first-order valence-corrected chi connectivity index (χ1v) is 6.05. The van der Waals surface area contributed by atoms with Crippen LogP contribution in [0.25, 0.3) is 5.57 Å². The minimum Gasteiger partial charge on any atom is -0.478 e. The Kier molecular flexibility index (Phi) is 4.95. The number of benzene rings is 1. The molecular weight excluding hydrogens is 212 g/mol. The number of hydrogen-bond acceptors (Lipinski definition) is 1. The van der Waals surface area contributed by atoms with Crippen LogP contribution in [0, 0.1) is 5.92 Å². The molecule has 0 unspecified atom stereocenters. The maximum absolute atomic E-state index is 10.8. The summed E-state index contributed by atoms with van der Waals surface area (Å²) in [5.41, 5.74) is 3.18. The number of allylic oxidation sites excluding steroid dienone is 1. The van der Waals surface area contributed by atoms with Gasteiger partial charge in [0.25, 0.3) is 0 Å². The number of aliphatic carboxylic acids is 1. The van der Waals surface area contributed by atoms with E-state index in [1.54, 1.807) is 0 Å². The number of hydrogen-bond donors (Lipinski definition) is 1. The SMILES string of the molecule is CCc1ccc(/C(=C/C(=O)O)CC(C)C)cc1. The summed E-state index contributed by atoms with van der Waals surface area (Å²) < 4.78 is 0. The zero-order valence-corrected chi connectivity index (χ0v) is 10.7. The van der Waals surface area contributed by atoms with Gasteiger partial charge in [0.2, 0.25) is 0 Å². The smallest absolute Gasteiger partial charge is 0.328 e. The molecular formula is C15H20O2. The third-order valence-electron chi connectivity index (χ3n) is 2.66. The predicted octanol–water partition coefficient (Wildman–Crippen LogP) is 3.76. The van der Waals surface area contributed by atoms with Crippen molar-refractivity contribution in [1.82, 2.24) is 0 Å². The largest absolute Gasteiger partial charge is 0.478 e. The highest BCUT2D eigenvalue weighted by molar-refractivity contribution is 5.90. The Balaban J connectivity index is 3.00. The van der Waals surface area contributed by atoms with E-state index in [1.165, 1.54) is 11.6 Å². The maximum atomic E-state index is 10.8. The van der Waals surface area contributed by atoms with Gasteiger partial charge in [-0.25, -0.2) is 4.79 Å². The lowest BCUT2D eigenvalue weighted by molar-refractivity contribution is -0.131. The van der Waals surface area contributed by atoms with E-state index in [4.69, 9.17) is 5.11 Å². The Labute approximate surface area is 103 Å². The summed E-state index contributed by atoms with van der Waals surface area (Å²) >= 11 is 0. The number of carbonyl (C=O) groups is 1. The Morgan fingerprint density at radius 2 is 1.88 bits per heavy atom. The molecule has 0 atom stereocenters. The van der Waals surface area contributed by atoms with E-state index in [0.717, 1.165) is 24.0 Å². The molecule has 1 N–H and O–H groups in total. The van der Waals surface area contributed by atoms with Crippen molar-refractivity contribution in [3.8, 4) is 0 Å². The molecule has 0 heterocycles. The standard InChI is InChI=1S/C15H20O2/c1-4-12-5-7-13(8-6-12)14(9-11(2)3)10-15(16)17/h5-8,10-11H,4,9H2,1-3H3,(H,16,17)/b14-10+. The van der Waals surface area contributed by atoms with Gasteiger partial charge in [-0.05, 0) is 35.5 Å². The van der Waals surface area contributed by atoms with Crippen LogP contribution < -0.4 is 0 Å². The molecule has 0 aliphatic carbocycles. The normalized spacial score (nSPS) is 11.9. The van der Waals surface area contributed by atoms with Gasteiger partial charge < -0.3 is 5.11 Å². The van der Waals surface area contributed by atoms with Crippen molar-refractivity contribution < 1.29 is 9.90 Å². The summed E-state index contributed by atoms with van der Waals surface area (Å²) in [6.07, 6.45) is 3.11. The second kappa shape index (κ2) is 6.24. The van der Waals surface area contributed by atoms with Crippen LogP contribution in [0.5, 0.6) is 0 Å². The van der Waals surface area contributed by atoms with E-state index in [0.29, 0.717) is 5.92 Å². The number of carboxylic acid groups (broad SMARTS) is 1. The third-order valence-corrected chi connectivity index (χ3v) is 2.66. The van der Waals surface area contributed by atoms with Crippen LogP contribution in [-0.2, 0) is 11.2 Å². The molecule has 0 amide bonds. The van der Waals surface area contributed by atoms with Gasteiger partial charge in [0.05, 0.1) is 0 Å². The van der Waals surface area contributed by atoms with Gasteiger partial charge in [0.15, 0.2) is 0 Å². The van der Waals surface area contributed by atoms with Crippen molar-refractivity contribution >= 4 is 11.5 Å². The number of carboxylic acids is 1. The highest BCUT2D eigenvalue weighted by atomic mass is 16.4. The predicted molar refractivity (Wildman–Crippen MR) is 70.9 cm³/mol. The maximum Gasteiger partial charge on any atom is 0.328 e. The Bertz CT molecular complexity index is 399. The van der Waals surface area contributed by atoms with E-state index < -0.39 is 5.97 Å². The molecule has 1 aromatic rings. The topological polar surface area (TPSA) is 37.3 Å². The van der Waals surface area contributed by atoms with Gasteiger partial charge in [-0.1, -0.05) is 45.0 Å². The Morgan fingerprint density at radius 1 is 1.29 bits per heavy atom. The third kappa shape index (κ3) is 4.43. The molecule has 92 valence electrons. The second-order valence-corrected chi connectivity index (χ2v) is 4.66. The van der Waals surface area contributed by atoms with Gasteiger partial charge in [0.1, 0.15) is 0 Å². The zero-order valence-electron chi connectivity index (χ0n) is 10.7. The van der Waals surface area contributed by atoms with Crippen molar-refractivity contribution in [3.63, 3.8) is 0 Å². The van der Waals surface area contributed by atoms with E-state index >= 15 is 0 Å². The lowest BCUT2D eigenvalue weighted by Crippen LogP contribution is -1.97. The minimum atomic E-state index is -0.875. The highest BCUT2D eigenvalue weighted by Crippen LogP contribution is 2.23. The summed E-state index contributed by atoms with van der Waals surface area (Å²) in [4.78, 5) is 10.8. The Hall–Kier alpha value is -1.57. The van der Waals surface area contributed by atoms with E-state index in [-0.39, 0.29) is 0 Å². The molecule has 0 fully saturated rings. The molecule has 0 spiro atoms. The van der Waals surface area contributed by atoms with Gasteiger partial charge in [-0.2, -0.15) is 0 Å². The molecule has 17 heavy (non-hydrogen) atoms. The van der Waals surface area contributed by atoms with Crippen molar-refractivity contribution in [1.29, 1.82) is 0 Å². The molecule has 0 aliphatic heterocycles. The lowest BCUT2D eigenvalue weighted by Gasteiger charge is -2.10. The molecule has 0 aliphatic rings. The van der Waals surface area contributed by atoms with Gasteiger partial charge in [-0.15, -0.1) is 0 Å². The summed E-state index contributed by atoms with van der Waals surface area (Å²) in [6.45, 7) is 6.29. The molecule has 0 radical (unpaired) electrons.